The molecule has 0 radical (unpaired) electrons. The molecule has 0 saturated carbocycles. The van der Waals surface area contributed by atoms with Crippen LogP contribution in [0.4, 0.5) is 0 Å². The van der Waals surface area contributed by atoms with E-state index in [1.54, 1.807) is 20.8 Å². The molecular formula is C9H15NO5. The number of amides is 1. The van der Waals surface area contributed by atoms with Gasteiger partial charge in [-0.2, -0.15) is 0 Å². The molecule has 1 amide bonds. The largest absolute Gasteiger partial charge is 0.479 e. The average molecular weight is 217 g/mol. The summed E-state index contributed by atoms with van der Waals surface area (Å²) in [5.74, 6) is -2.90. The first kappa shape index (κ1) is 13.4. The quantitative estimate of drug-likeness (QED) is 0.496. The van der Waals surface area contributed by atoms with Crippen molar-refractivity contribution in [3.8, 4) is 0 Å². The van der Waals surface area contributed by atoms with Crippen molar-refractivity contribution >= 4 is 17.8 Å². The molecule has 2 N–H and O–H groups in total. The summed E-state index contributed by atoms with van der Waals surface area (Å²) in [6.45, 7) is 4.75. The van der Waals surface area contributed by atoms with Gasteiger partial charge in [0.2, 0.25) is 11.9 Å². The summed E-state index contributed by atoms with van der Waals surface area (Å²) in [6.07, 6.45) is -0.309. The Labute approximate surface area is 87.6 Å². The zero-order valence-electron chi connectivity index (χ0n) is 8.94. The molecule has 0 rings (SSSR count). The highest BCUT2D eigenvalue weighted by Crippen LogP contribution is 1.96. The number of hydrogen-bond acceptors (Lipinski definition) is 4. The topological polar surface area (TPSA) is 92.7 Å². The number of aliphatic carboxylic acids is 1. The number of esters is 1. The molecule has 6 nitrogen and oxygen atoms in total. The molecule has 0 aliphatic carbocycles. The fourth-order valence-electron chi connectivity index (χ4n) is 0.785. The zero-order chi connectivity index (χ0) is 12.0. The first-order valence-corrected chi connectivity index (χ1v) is 4.61. The molecule has 86 valence electrons. The third kappa shape index (κ3) is 4.99. The number of hydrogen-bond donors (Lipinski definition) is 2. The summed E-state index contributed by atoms with van der Waals surface area (Å²) in [4.78, 5) is 32.8. The van der Waals surface area contributed by atoms with Gasteiger partial charge in [-0.15, -0.1) is 0 Å². The van der Waals surface area contributed by atoms with Gasteiger partial charge in [-0.1, -0.05) is 6.92 Å². The molecule has 0 aromatic carbocycles. The number of nitrogens with one attached hydrogen (secondary N) is 1. The van der Waals surface area contributed by atoms with E-state index < -0.39 is 30.0 Å². The minimum atomic E-state index is -1.63. The maximum Gasteiger partial charge on any atom is 0.340 e. The van der Waals surface area contributed by atoms with E-state index in [1.807, 2.05) is 0 Å². The molecule has 15 heavy (non-hydrogen) atoms. The molecule has 0 aromatic rings. The van der Waals surface area contributed by atoms with Gasteiger partial charge in [-0.25, -0.2) is 9.59 Å². The van der Waals surface area contributed by atoms with E-state index in [0.29, 0.717) is 0 Å². The van der Waals surface area contributed by atoms with Crippen molar-refractivity contribution in [1.82, 2.24) is 5.32 Å². The van der Waals surface area contributed by atoms with Gasteiger partial charge in [-0.05, 0) is 13.8 Å². The van der Waals surface area contributed by atoms with Crippen LogP contribution in [-0.4, -0.2) is 35.1 Å². The Bertz CT molecular complexity index is 261. The summed E-state index contributed by atoms with van der Waals surface area (Å²) in [5, 5.41) is 10.7. The molecule has 0 bridgehead atoms. The van der Waals surface area contributed by atoms with Crippen molar-refractivity contribution in [2.75, 3.05) is 0 Å². The van der Waals surface area contributed by atoms with Gasteiger partial charge < -0.3 is 15.2 Å². The maximum absolute atomic E-state index is 11.2. The van der Waals surface area contributed by atoms with Crippen LogP contribution >= 0.6 is 0 Å². The Hall–Kier alpha value is -1.59. The normalized spacial score (nSPS) is 12.0. The molecule has 0 aliphatic rings. The fraction of sp³-hybridized carbons (Fsp3) is 0.667. The maximum atomic E-state index is 11.2. The summed E-state index contributed by atoms with van der Waals surface area (Å²) in [5.41, 5.74) is 0. The van der Waals surface area contributed by atoms with Crippen LogP contribution in [0.2, 0.25) is 0 Å². The van der Waals surface area contributed by atoms with Crippen LogP contribution in [0.3, 0.4) is 0 Å². The van der Waals surface area contributed by atoms with E-state index in [-0.39, 0.29) is 6.42 Å². The van der Waals surface area contributed by atoms with Crippen molar-refractivity contribution in [3.05, 3.63) is 0 Å². The highest BCUT2D eigenvalue weighted by Gasteiger charge is 2.29. The van der Waals surface area contributed by atoms with Crippen LogP contribution in [0, 0.1) is 0 Å². The van der Waals surface area contributed by atoms with Crippen molar-refractivity contribution in [1.29, 1.82) is 0 Å². The Morgan fingerprint density at radius 3 is 2.20 bits per heavy atom. The smallest absolute Gasteiger partial charge is 0.340 e. The van der Waals surface area contributed by atoms with Gasteiger partial charge in [0.1, 0.15) is 0 Å². The standard InChI is InChI=1S/C9H15NO5/c1-4-6(11)10-7(8(12)13)9(14)15-5(2)3/h5,7H,4H2,1-3H3,(H,10,11)(H,12,13). The Kier molecular flexibility index (Phi) is 5.36. The Balaban J connectivity index is 4.46. The van der Waals surface area contributed by atoms with Crippen LogP contribution in [-0.2, 0) is 19.1 Å². The van der Waals surface area contributed by atoms with Gasteiger partial charge in [0, 0.05) is 6.42 Å². The number of ether oxygens (including phenoxy) is 1. The monoisotopic (exact) mass is 217 g/mol. The second-order valence-electron chi connectivity index (χ2n) is 3.18. The summed E-state index contributed by atoms with van der Waals surface area (Å²) in [6, 6.07) is -1.63. The Morgan fingerprint density at radius 2 is 1.87 bits per heavy atom. The first-order valence-electron chi connectivity index (χ1n) is 4.61. The number of carboxylic acid groups (broad SMARTS) is 1. The van der Waals surface area contributed by atoms with Gasteiger partial charge in [0.15, 0.2) is 0 Å². The first-order chi connectivity index (χ1) is 6.88. The average Bonchev–Trinajstić information content (AvgIpc) is 2.11. The summed E-state index contributed by atoms with van der Waals surface area (Å²) >= 11 is 0. The highest BCUT2D eigenvalue weighted by atomic mass is 16.5. The van der Waals surface area contributed by atoms with Gasteiger partial charge in [0.25, 0.3) is 0 Å². The van der Waals surface area contributed by atoms with Gasteiger partial charge in [0.05, 0.1) is 6.10 Å². The van der Waals surface area contributed by atoms with E-state index in [1.165, 1.54) is 0 Å². The number of carbonyl (C=O) groups excluding carboxylic acids is 2. The van der Waals surface area contributed by atoms with Crippen molar-refractivity contribution < 1.29 is 24.2 Å². The lowest BCUT2D eigenvalue weighted by molar-refractivity contribution is -0.159. The van der Waals surface area contributed by atoms with Crippen LogP contribution in [0.1, 0.15) is 27.2 Å². The molecule has 0 heterocycles. The lowest BCUT2D eigenvalue weighted by Gasteiger charge is -2.15. The van der Waals surface area contributed by atoms with E-state index in [2.05, 4.69) is 10.1 Å². The number of carbonyl (C=O) groups is 3. The van der Waals surface area contributed by atoms with Crippen LogP contribution in [0.5, 0.6) is 0 Å². The van der Waals surface area contributed by atoms with E-state index in [4.69, 9.17) is 5.11 Å². The molecular weight excluding hydrogens is 202 g/mol. The predicted octanol–water partition coefficient (Wildman–Crippen LogP) is -0.0826. The highest BCUT2D eigenvalue weighted by molar-refractivity contribution is 6.01. The van der Waals surface area contributed by atoms with Crippen molar-refractivity contribution in [2.45, 2.75) is 39.3 Å². The third-order valence-corrected chi connectivity index (χ3v) is 1.46. The van der Waals surface area contributed by atoms with Crippen molar-refractivity contribution in [2.24, 2.45) is 0 Å². The lowest BCUT2D eigenvalue weighted by Crippen LogP contribution is -2.47. The molecule has 0 aromatic heterocycles. The van der Waals surface area contributed by atoms with Crippen LogP contribution in [0.25, 0.3) is 0 Å². The fourth-order valence-corrected chi connectivity index (χ4v) is 0.785. The molecule has 0 fully saturated rings. The van der Waals surface area contributed by atoms with Crippen LogP contribution in [0.15, 0.2) is 0 Å². The minimum absolute atomic E-state index is 0.110. The molecule has 0 saturated heterocycles. The summed E-state index contributed by atoms with van der Waals surface area (Å²) < 4.78 is 4.68. The van der Waals surface area contributed by atoms with Gasteiger partial charge >= 0.3 is 11.9 Å². The number of rotatable bonds is 5. The van der Waals surface area contributed by atoms with E-state index >= 15 is 0 Å². The molecule has 0 spiro atoms. The molecule has 1 unspecified atom stereocenters. The van der Waals surface area contributed by atoms with Crippen molar-refractivity contribution in [3.63, 3.8) is 0 Å². The van der Waals surface area contributed by atoms with Crippen LogP contribution < -0.4 is 5.32 Å². The molecule has 0 aliphatic heterocycles. The zero-order valence-corrected chi connectivity index (χ0v) is 8.94. The third-order valence-electron chi connectivity index (χ3n) is 1.46. The lowest BCUT2D eigenvalue weighted by atomic mass is 10.3. The van der Waals surface area contributed by atoms with E-state index in [0.717, 1.165) is 0 Å². The Morgan fingerprint density at radius 1 is 1.33 bits per heavy atom. The predicted molar refractivity (Wildman–Crippen MR) is 51.1 cm³/mol. The number of carboxylic acids is 1. The summed E-state index contributed by atoms with van der Waals surface area (Å²) in [7, 11) is 0. The second-order valence-corrected chi connectivity index (χ2v) is 3.18. The SMILES string of the molecule is CCC(=O)NC(C(=O)O)C(=O)OC(C)C. The van der Waals surface area contributed by atoms with Gasteiger partial charge in [-0.3, -0.25) is 4.79 Å². The van der Waals surface area contributed by atoms with E-state index in [9.17, 15) is 14.4 Å². The minimum Gasteiger partial charge on any atom is -0.479 e. The second kappa shape index (κ2) is 6.00. The molecule has 6 heteroatoms. The molecule has 1 atom stereocenters.